The van der Waals surface area contributed by atoms with Crippen LogP contribution in [0.4, 0.5) is 0 Å². The largest absolute Gasteiger partial charge is 0.493 e. The fourth-order valence-electron chi connectivity index (χ4n) is 4.55. The van der Waals surface area contributed by atoms with Crippen molar-refractivity contribution >= 4 is 28.9 Å². The van der Waals surface area contributed by atoms with Crippen molar-refractivity contribution in [3.05, 3.63) is 70.8 Å². The van der Waals surface area contributed by atoms with Crippen molar-refractivity contribution < 1.29 is 9.53 Å². The van der Waals surface area contributed by atoms with Gasteiger partial charge in [-0.2, -0.15) is 10.1 Å². The Bertz CT molecular complexity index is 1320. The molecule has 1 aromatic heterocycles. The molecule has 0 bridgehead atoms. The summed E-state index contributed by atoms with van der Waals surface area (Å²) < 4.78 is 7.90. The van der Waals surface area contributed by atoms with Crippen LogP contribution in [0.25, 0.3) is 23.0 Å². The van der Waals surface area contributed by atoms with Crippen LogP contribution in [-0.4, -0.2) is 45.5 Å². The number of hydrogen-bond donors (Lipinski definition) is 0. The SMILES string of the molecule is Cc1cc(-c2nn(-c3ccccc3)cc2C=C2SC(N3CCCCC3)=NC2=O)ccc1OCCC(C)C. The highest BCUT2D eigenvalue weighted by Crippen LogP contribution is 2.35. The Morgan fingerprint density at radius 3 is 2.59 bits per heavy atom. The second-order valence-electron chi connectivity index (χ2n) is 10.1. The van der Waals surface area contributed by atoms with Gasteiger partial charge in [0.15, 0.2) is 5.17 Å². The highest BCUT2D eigenvalue weighted by molar-refractivity contribution is 8.18. The Balaban J connectivity index is 1.46. The van der Waals surface area contributed by atoms with E-state index in [0.717, 1.165) is 71.3 Å². The maximum Gasteiger partial charge on any atom is 0.286 e. The molecule has 3 heterocycles. The van der Waals surface area contributed by atoms with E-state index in [-0.39, 0.29) is 5.91 Å². The first-order valence-corrected chi connectivity index (χ1v) is 14.0. The molecule has 0 atom stereocenters. The van der Waals surface area contributed by atoms with Crippen LogP contribution in [-0.2, 0) is 4.79 Å². The third-order valence-electron chi connectivity index (χ3n) is 6.69. The summed E-state index contributed by atoms with van der Waals surface area (Å²) in [6.07, 6.45) is 8.50. The molecule has 2 aliphatic rings. The Kier molecular flexibility index (Phi) is 7.79. The number of amidine groups is 1. The first kappa shape index (κ1) is 25.3. The number of benzene rings is 2. The third-order valence-corrected chi connectivity index (χ3v) is 7.73. The second kappa shape index (κ2) is 11.4. The summed E-state index contributed by atoms with van der Waals surface area (Å²) >= 11 is 1.48. The van der Waals surface area contributed by atoms with Crippen molar-refractivity contribution in [2.45, 2.75) is 46.5 Å². The van der Waals surface area contributed by atoms with Gasteiger partial charge in [-0.1, -0.05) is 32.0 Å². The van der Waals surface area contributed by atoms with Gasteiger partial charge in [0.2, 0.25) is 0 Å². The van der Waals surface area contributed by atoms with E-state index < -0.39 is 0 Å². The first-order valence-electron chi connectivity index (χ1n) is 13.1. The molecule has 1 fully saturated rings. The average Bonchev–Trinajstić information content (AvgIpc) is 3.50. The number of carbonyl (C=O) groups is 1. The van der Waals surface area contributed by atoms with Gasteiger partial charge >= 0.3 is 0 Å². The van der Waals surface area contributed by atoms with Gasteiger partial charge in [-0.05, 0) is 92.3 Å². The van der Waals surface area contributed by atoms with Gasteiger partial charge in [0.05, 0.1) is 17.2 Å². The number of nitrogens with zero attached hydrogens (tertiary/aromatic N) is 4. The van der Waals surface area contributed by atoms with Crippen molar-refractivity contribution in [2.75, 3.05) is 19.7 Å². The van der Waals surface area contributed by atoms with Crippen LogP contribution in [0.2, 0.25) is 0 Å². The molecule has 0 unspecified atom stereocenters. The maximum atomic E-state index is 12.9. The quantitative estimate of drug-likeness (QED) is 0.327. The number of likely N-dealkylation sites (tertiary alicyclic amines) is 1. The predicted octanol–water partition coefficient (Wildman–Crippen LogP) is 6.73. The molecule has 0 spiro atoms. The molecule has 6 nitrogen and oxygen atoms in total. The number of carbonyl (C=O) groups excluding carboxylic acids is 1. The zero-order valence-electron chi connectivity index (χ0n) is 21.8. The van der Waals surface area contributed by atoms with Gasteiger partial charge in [-0.3, -0.25) is 4.79 Å². The number of amides is 1. The number of aryl methyl sites for hydroxylation is 1. The van der Waals surface area contributed by atoms with Crippen molar-refractivity contribution in [2.24, 2.45) is 10.9 Å². The fraction of sp³-hybridized carbons (Fsp3) is 0.367. The van der Waals surface area contributed by atoms with E-state index in [9.17, 15) is 4.79 Å². The van der Waals surface area contributed by atoms with Gasteiger partial charge in [0.1, 0.15) is 11.4 Å². The minimum atomic E-state index is -0.172. The van der Waals surface area contributed by atoms with Gasteiger partial charge in [-0.15, -0.1) is 0 Å². The normalized spacial score (nSPS) is 17.1. The molecule has 1 amide bonds. The standard InChI is InChI=1S/C30H34N4O2S/c1-21(2)14-17-36-26-13-12-23(18-22(26)3)28-24(20-34(32-28)25-10-6-4-7-11-25)19-27-29(35)31-30(37-27)33-15-8-5-9-16-33/h4,6-7,10-13,18-21H,5,8-9,14-17H2,1-3H3. The molecular formula is C30H34N4O2S. The lowest BCUT2D eigenvalue weighted by atomic mass is 10.0. The van der Waals surface area contributed by atoms with Crippen LogP contribution in [0.1, 0.15) is 50.7 Å². The van der Waals surface area contributed by atoms with E-state index in [0.29, 0.717) is 17.4 Å². The highest BCUT2D eigenvalue weighted by Gasteiger charge is 2.27. The molecular weight excluding hydrogens is 480 g/mol. The van der Waals surface area contributed by atoms with Gasteiger partial charge < -0.3 is 9.64 Å². The number of ether oxygens (including phenoxy) is 1. The summed E-state index contributed by atoms with van der Waals surface area (Å²) in [6, 6.07) is 16.2. The lowest BCUT2D eigenvalue weighted by Gasteiger charge is -2.27. The van der Waals surface area contributed by atoms with Crippen LogP contribution in [0, 0.1) is 12.8 Å². The number of thioether (sulfide) groups is 1. The van der Waals surface area contributed by atoms with Gasteiger partial charge in [0, 0.05) is 30.4 Å². The van der Waals surface area contributed by atoms with Crippen LogP contribution in [0.5, 0.6) is 5.75 Å². The molecule has 0 saturated carbocycles. The first-order chi connectivity index (χ1) is 18.0. The Labute approximate surface area is 223 Å². The van der Waals surface area contributed by atoms with Crippen molar-refractivity contribution in [3.8, 4) is 22.7 Å². The molecule has 0 aliphatic carbocycles. The van der Waals surface area contributed by atoms with Crippen molar-refractivity contribution in [1.29, 1.82) is 0 Å². The monoisotopic (exact) mass is 514 g/mol. The predicted molar refractivity (Wildman–Crippen MR) is 152 cm³/mol. The van der Waals surface area contributed by atoms with E-state index in [2.05, 4.69) is 42.8 Å². The van der Waals surface area contributed by atoms with Crippen molar-refractivity contribution in [3.63, 3.8) is 0 Å². The molecule has 2 aromatic carbocycles. The minimum absolute atomic E-state index is 0.172. The number of aliphatic imine (C=N–C) groups is 1. The number of hydrogen-bond acceptors (Lipinski definition) is 5. The maximum absolute atomic E-state index is 12.9. The zero-order valence-corrected chi connectivity index (χ0v) is 22.6. The molecule has 2 aliphatic heterocycles. The fourth-order valence-corrected chi connectivity index (χ4v) is 5.51. The Morgan fingerprint density at radius 1 is 1.08 bits per heavy atom. The molecule has 1 saturated heterocycles. The molecule has 192 valence electrons. The lowest BCUT2D eigenvalue weighted by molar-refractivity contribution is -0.113. The van der Waals surface area contributed by atoms with E-state index in [1.54, 1.807) is 0 Å². The molecule has 7 heteroatoms. The summed E-state index contributed by atoms with van der Waals surface area (Å²) in [5.74, 6) is 1.33. The Morgan fingerprint density at radius 2 is 1.86 bits per heavy atom. The second-order valence-corrected chi connectivity index (χ2v) is 11.1. The third kappa shape index (κ3) is 5.99. The number of rotatable bonds is 7. The summed E-state index contributed by atoms with van der Waals surface area (Å²) in [4.78, 5) is 20.1. The van der Waals surface area contributed by atoms with E-state index in [4.69, 9.17) is 9.84 Å². The lowest BCUT2D eigenvalue weighted by Crippen LogP contribution is -2.33. The topological polar surface area (TPSA) is 59.7 Å². The smallest absolute Gasteiger partial charge is 0.286 e. The van der Waals surface area contributed by atoms with Crippen LogP contribution in [0.15, 0.2) is 64.6 Å². The van der Waals surface area contributed by atoms with Crippen molar-refractivity contribution in [1.82, 2.24) is 14.7 Å². The Hall–Kier alpha value is -3.32. The number of para-hydroxylation sites is 1. The highest BCUT2D eigenvalue weighted by atomic mass is 32.2. The molecule has 37 heavy (non-hydrogen) atoms. The van der Waals surface area contributed by atoms with E-state index in [1.807, 2.05) is 53.4 Å². The van der Waals surface area contributed by atoms with E-state index in [1.165, 1.54) is 18.2 Å². The van der Waals surface area contributed by atoms with Gasteiger partial charge in [0.25, 0.3) is 5.91 Å². The van der Waals surface area contributed by atoms with Gasteiger partial charge in [-0.25, -0.2) is 4.68 Å². The number of piperidine rings is 1. The van der Waals surface area contributed by atoms with E-state index >= 15 is 0 Å². The molecule has 0 N–H and O–H groups in total. The molecule has 0 radical (unpaired) electrons. The summed E-state index contributed by atoms with van der Waals surface area (Å²) in [5, 5.41) is 5.77. The summed E-state index contributed by atoms with van der Waals surface area (Å²) in [5.41, 5.74) is 4.74. The molecule has 3 aromatic rings. The van der Waals surface area contributed by atoms with Crippen LogP contribution >= 0.6 is 11.8 Å². The minimum Gasteiger partial charge on any atom is -0.493 e. The summed E-state index contributed by atoms with van der Waals surface area (Å²) in [7, 11) is 0. The molecule has 5 rings (SSSR count). The zero-order chi connectivity index (χ0) is 25.8. The van der Waals surface area contributed by atoms with Crippen LogP contribution < -0.4 is 4.74 Å². The average molecular weight is 515 g/mol. The summed E-state index contributed by atoms with van der Waals surface area (Å²) in [6.45, 7) is 9.10. The number of aromatic nitrogens is 2. The van der Waals surface area contributed by atoms with Crippen LogP contribution in [0.3, 0.4) is 0 Å².